The van der Waals surface area contributed by atoms with Gasteiger partial charge in [0.2, 0.25) is 11.6 Å². The number of aromatic nitrogens is 1. The molecule has 7 heteroatoms. The molecule has 2 aromatic rings. The molecule has 114 valence electrons. The summed E-state index contributed by atoms with van der Waals surface area (Å²) in [7, 11) is 0. The summed E-state index contributed by atoms with van der Waals surface area (Å²) in [6, 6.07) is 9.28. The Morgan fingerprint density at radius 2 is 1.64 bits per heavy atom. The number of benzene rings is 1. The molecule has 0 atom stereocenters. The molecule has 0 fully saturated rings. The summed E-state index contributed by atoms with van der Waals surface area (Å²) in [5.74, 6) is -6.76. The maximum Gasteiger partial charge on any atom is 0.254 e. The first-order valence-electron chi connectivity index (χ1n) is 6.21. The highest BCUT2D eigenvalue weighted by Crippen LogP contribution is 2.21. The van der Waals surface area contributed by atoms with Gasteiger partial charge in [-0.3, -0.25) is 5.43 Å². The standard InChI is InChI=1S/C15H11F4N3/c1-9(7-10-5-3-2-4-6-10)8-20-22-13-11(16)14(18)21-15(19)12(13)17/h2-8H,1H3,(H,21,22)/b9-7+,20-8-. The number of hydrogen-bond donors (Lipinski definition) is 1. The van der Waals surface area contributed by atoms with Crippen LogP contribution >= 0.6 is 0 Å². The summed E-state index contributed by atoms with van der Waals surface area (Å²) in [6.07, 6.45) is 3.04. The molecule has 1 N–H and O–H groups in total. The minimum absolute atomic E-state index is 0.662. The van der Waals surface area contributed by atoms with Gasteiger partial charge < -0.3 is 0 Å². The van der Waals surface area contributed by atoms with Crippen LogP contribution in [0.15, 0.2) is 41.0 Å². The molecule has 0 aliphatic heterocycles. The van der Waals surface area contributed by atoms with Crippen LogP contribution in [0, 0.1) is 23.5 Å². The Morgan fingerprint density at radius 1 is 1.05 bits per heavy atom. The lowest BCUT2D eigenvalue weighted by atomic mass is 10.1. The molecular formula is C15H11F4N3. The van der Waals surface area contributed by atoms with Gasteiger partial charge in [-0.2, -0.15) is 27.6 Å². The zero-order valence-electron chi connectivity index (χ0n) is 11.4. The number of nitrogens with zero attached hydrogens (tertiary/aromatic N) is 2. The van der Waals surface area contributed by atoms with Crippen LogP contribution in [0.1, 0.15) is 12.5 Å². The van der Waals surface area contributed by atoms with Crippen molar-refractivity contribution in [2.24, 2.45) is 5.10 Å². The molecule has 3 nitrogen and oxygen atoms in total. The summed E-state index contributed by atoms with van der Waals surface area (Å²) in [5, 5.41) is 3.56. The molecule has 0 saturated carbocycles. The van der Waals surface area contributed by atoms with Crippen LogP contribution in [0.2, 0.25) is 0 Å². The minimum atomic E-state index is -1.74. The average molecular weight is 309 g/mol. The van der Waals surface area contributed by atoms with E-state index >= 15 is 0 Å². The molecule has 0 unspecified atom stereocenters. The molecule has 1 aromatic heterocycles. The molecule has 0 saturated heterocycles. The van der Waals surface area contributed by atoms with Gasteiger partial charge in [-0.15, -0.1) is 0 Å². The van der Waals surface area contributed by atoms with Crippen LogP contribution in [0.3, 0.4) is 0 Å². The summed E-state index contributed by atoms with van der Waals surface area (Å²) in [4.78, 5) is 2.45. The van der Waals surface area contributed by atoms with Crippen LogP contribution in [0.4, 0.5) is 23.2 Å². The van der Waals surface area contributed by atoms with Gasteiger partial charge in [0.1, 0.15) is 5.69 Å². The largest absolute Gasteiger partial charge is 0.272 e. The van der Waals surface area contributed by atoms with Crippen molar-refractivity contribution in [1.29, 1.82) is 0 Å². The van der Waals surface area contributed by atoms with Crippen molar-refractivity contribution in [3.05, 3.63) is 65.0 Å². The molecule has 1 aromatic carbocycles. The van der Waals surface area contributed by atoms with Crippen LogP contribution in [-0.4, -0.2) is 11.2 Å². The molecule has 0 bridgehead atoms. The second-order valence-electron chi connectivity index (χ2n) is 4.37. The maximum atomic E-state index is 13.3. The SMILES string of the molecule is CC(/C=N\Nc1c(F)c(F)nc(F)c1F)=C\c1ccccc1. The highest BCUT2D eigenvalue weighted by molar-refractivity contribution is 5.85. The molecule has 2 rings (SSSR count). The third kappa shape index (κ3) is 3.69. The van der Waals surface area contributed by atoms with E-state index in [1.807, 2.05) is 35.8 Å². The van der Waals surface area contributed by atoms with Gasteiger partial charge in [0.05, 0.1) is 6.21 Å². The zero-order valence-corrected chi connectivity index (χ0v) is 11.4. The Kier molecular flexibility index (Phi) is 4.88. The molecule has 0 amide bonds. The lowest BCUT2D eigenvalue weighted by Crippen LogP contribution is -2.05. The van der Waals surface area contributed by atoms with Gasteiger partial charge in [-0.25, -0.2) is 0 Å². The maximum absolute atomic E-state index is 13.3. The Labute approximate surface area is 124 Å². The van der Waals surface area contributed by atoms with Crippen molar-refractivity contribution < 1.29 is 17.6 Å². The number of anilines is 1. The normalized spacial score (nSPS) is 12.0. The van der Waals surface area contributed by atoms with Crippen molar-refractivity contribution in [2.75, 3.05) is 5.43 Å². The summed E-state index contributed by atoms with van der Waals surface area (Å²) >= 11 is 0. The third-order valence-corrected chi connectivity index (χ3v) is 2.64. The molecule has 22 heavy (non-hydrogen) atoms. The topological polar surface area (TPSA) is 37.3 Å². The van der Waals surface area contributed by atoms with Gasteiger partial charge in [-0.05, 0) is 18.1 Å². The fraction of sp³-hybridized carbons (Fsp3) is 0.0667. The third-order valence-electron chi connectivity index (χ3n) is 2.64. The molecule has 1 heterocycles. The van der Waals surface area contributed by atoms with E-state index in [-0.39, 0.29) is 0 Å². The highest BCUT2D eigenvalue weighted by Gasteiger charge is 2.20. The summed E-state index contributed by atoms with van der Waals surface area (Å²) in [6.45, 7) is 1.71. The van der Waals surface area contributed by atoms with Crippen LogP contribution < -0.4 is 5.43 Å². The van der Waals surface area contributed by atoms with Crippen molar-refractivity contribution in [3.63, 3.8) is 0 Å². The molecule has 0 aliphatic carbocycles. The van der Waals surface area contributed by atoms with E-state index < -0.39 is 29.2 Å². The first kappa shape index (κ1) is 15.7. The quantitative estimate of drug-likeness (QED) is 0.399. The number of halogens is 4. The van der Waals surface area contributed by atoms with E-state index in [2.05, 4.69) is 10.1 Å². The molecular weight excluding hydrogens is 298 g/mol. The predicted octanol–water partition coefficient (Wildman–Crippen LogP) is 4.14. The average Bonchev–Trinajstić information content (AvgIpc) is 2.50. The monoisotopic (exact) mass is 309 g/mol. The van der Waals surface area contributed by atoms with E-state index in [0.29, 0.717) is 5.57 Å². The second-order valence-corrected chi connectivity index (χ2v) is 4.37. The van der Waals surface area contributed by atoms with Crippen LogP contribution in [-0.2, 0) is 0 Å². The lowest BCUT2D eigenvalue weighted by Gasteiger charge is -2.04. The minimum Gasteiger partial charge on any atom is -0.272 e. The molecule has 0 spiro atoms. The Balaban J connectivity index is 2.15. The highest BCUT2D eigenvalue weighted by atomic mass is 19.2. The van der Waals surface area contributed by atoms with Gasteiger partial charge in [0.25, 0.3) is 11.9 Å². The number of rotatable bonds is 4. The number of pyridine rings is 1. The van der Waals surface area contributed by atoms with Crippen LogP contribution in [0.25, 0.3) is 6.08 Å². The molecule has 0 radical (unpaired) electrons. The zero-order chi connectivity index (χ0) is 16.1. The van der Waals surface area contributed by atoms with Crippen LogP contribution in [0.5, 0.6) is 0 Å². The van der Waals surface area contributed by atoms with Crippen molar-refractivity contribution in [3.8, 4) is 0 Å². The Morgan fingerprint density at radius 3 is 2.23 bits per heavy atom. The smallest absolute Gasteiger partial charge is 0.254 e. The van der Waals surface area contributed by atoms with Gasteiger partial charge in [0.15, 0.2) is 0 Å². The van der Waals surface area contributed by atoms with E-state index in [1.54, 1.807) is 13.0 Å². The first-order chi connectivity index (χ1) is 10.5. The van der Waals surface area contributed by atoms with Gasteiger partial charge >= 0.3 is 0 Å². The number of nitrogens with one attached hydrogen (secondary N) is 1. The second kappa shape index (κ2) is 6.84. The van der Waals surface area contributed by atoms with Crippen molar-refractivity contribution in [2.45, 2.75) is 6.92 Å². The van der Waals surface area contributed by atoms with Gasteiger partial charge in [-0.1, -0.05) is 36.4 Å². The fourth-order valence-electron chi connectivity index (χ4n) is 1.63. The van der Waals surface area contributed by atoms with E-state index in [9.17, 15) is 17.6 Å². The first-order valence-corrected chi connectivity index (χ1v) is 6.21. The predicted molar refractivity (Wildman–Crippen MR) is 76.3 cm³/mol. The van der Waals surface area contributed by atoms with E-state index in [0.717, 1.165) is 5.56 Å². The number of hydrogen-bond acceptors (Lipinski definition) is 3. The lowest BCUT2D eigenvalue weighted by molar-refractivity contribution is 0.411. The Hall–Kier alpha value is -2.70. The Bertz CT molecular complexity index is 701. The van der Waals surface area contributed by atoms with Crippen molar-refractivity contribution >= 4 is 18.0 Å². The summed E-state index contributed by atoms with van der Waals surface area (Å²) < 4.78 is 52.4. The summed E-state index contributed by atoms with van der Waals surface area (Å²) in [5.41, 5.74) is 2.47. The molecule has 0 aliphatic rings. The van der Waals surface area contributed by atoms with Gasteiger partial charge in [0, 0.05) is 0 Å². The fourth-order valence-corrected chi connectivity index (χ4v) is 1.63. The van der Waals surface area contributed by atoms with Crippen molar-refractivity contribution in [1.82, 2.24) is 4.98 Å². The number of hydrazone groups is 1. The van der Waals surface area contributed by atoms with E-state index in [4.69, 9.17) is 0 Å². The number of allylic oxidation sites excluding steroid dienone is 1. The van der Waals surface area contributed by atoms with E-state index in [1.165, 1.54) is 6.21 Å².